The van der Waals surface area contributed by atoms with Gasteiger partial charge in [0.05, 0.1) is 0 Å². The van der Waals surface area contributed by atoms with Crippen LogP contribution in [0.1, 0.15) is 11.1 Å². The fraction of sp³-hybridized carbons (Fsp3) is 0.120. The summed E-state index contributed by atoms with van der Waals surface area (Å²) in [6.07, 6.45) is 2.56. The maximum atomic E-state index is 13.1. The summed E-state index contributed by atoms with van der Waals surface area (Å²) >= 11 is 5.69. The Bertz CT molecular complexity index is 1620. The highest BCUT2D eigenvalue weighted by molar-refractivity contribution is 7.71. The molecule has 6 nitrogen and oxygen atoms in total. The van der Waals surface area contributed by atoms with Crippen LogP contribution in [0.15, 0.2) is 77.9 Å². The van der Waals surface area contributed by atoms with Gasteiger partial charge in [-0.1, -0.05) is 66.8 Å². The number of H-pyrrole nitrogens is 1. The third kappa shape index (κ3) is 3.09. The van der Waals surface area contributed by atoms with Crippen LogP contribution < -0.4 is 10.5 Å². The first kappa shape index (κ1) is 18.9. The van der Waals surface area contributed by atoms with Crippen LogP contribution in [0.25, 0.3) is 27.5 Å². The second-order valence-corrected chi connectivity index (χ2v) is 8.37. The molecule has 0 spiro atoms. The van der Waals surface area contributed by atoms with Crippen molar-refractivity contribution in [1.82, 2.24) is 19.5 Å². The fourth-order valence-corrected chi connectivity index (χ4v) is 4.69. The van der Waals surface area contributed by atoms with Gasteiger partial charge >= 0.3 is 0 Å². The number of aromatic amines is 1. The van der Waals surface area contributed by atoms with Gasteiger partial charge in [0.25, 0.3) is 5.56 Å². The monoisotopic (exact) mass is 437 g/mol. The molecule has 0 radical (unpaired) electrons. The molecule has 0 fully saturated rings. The molecule has 3 aromatic carbocycles. The molecular formula is C25H19N5OS. The summed E-state index contributed by atoms with van der Waals surface area (Å²) in [5, 5.41) is 2.57. The number of hydrogen-bond donors (Lipinski definition) is 1. The van der Waals surface area contributed by atoms with Gasteiger partial charge in [-0.3, -0.25) is 14.3 Å². The van der Waals surface area contributed by atoms with Gasteiger partial charge < -0.3 is 4.90 Å². The quantitative estimate of drug-likeness (QED) is 0.410. The normalized spacial score (nSPS) is 13.4. The topological polar surface area (TPSA) is 66.8 Å². The minimum Gasteiger partial charge on any atom is -0.338 e. The minimum absolute atomic E-state index is 0.267. The first-order chi connectivity index (χ1) is 15.7. The van der Waals surface area contributed by atoms with Crippen LogP contribution in [0.2, 0.25) is 0 Å². The van der Waals surface area contributed by atoms with E-state index in [-0.39, 0.29) is 5.56 Å². The van der Waals surface area contributed by atoms with Gasteiger partial charge in [-0.05, 0) is 40.5 Å². The van der Waals surface area contributed by atoms with Crippen LogP contribution >= 0.6 is 12.2 Å². The Hall–Kier alpha value is -3.84. The highest BCUT2D eigenvalue weighted by Crippen LogP contribution is 2.23. The van der Waals surface area contributed by atoms with Crippen LogP contribution in [0.5, 0.6) is 0 Å². The molecule has 0 unspecified atom stereocenters. The van der Waals surface area contributed by atoms with Crippen LogP contribution in [0.4, 0.5) is 5.95 Å². The molecule has 1 aliphatic heterocycles. The SMILES string of the molecule is O=c1[nH]c(N2CCc3ccccc3C2)nc2ncn(-c3ccc4ccccc4c3)c(=S)c12. The van der Waals surface area contributed by atoms with Gasteiger partial charge in [-0.25, -0.2) is 4.98 Å². The Morgan fingerprint density at radius 3 is 2.59 bits per heavy atom. The predicted molar refractivity (Wildman–Crippen MR) is 129 cm³/mol. The van der Waals surface area contributed by atoms with Gasteiger partial charge in [-0.2, -0.15) is 4.98 Å². The number of nitrogens with one attached hydrogen (secondary N) is 1. The van der Waals surface area contributed by atoms with Crippen LogP contribution in [-0.2, 0) is 13.0 Å². The van der Waals surface area contributed by atoms with Gasteiger partial charge in [-0.15, -0.1) is 0 Å². The average Bonchev–Trinajstić information content (AvgIpc) is 2.83. The Kier molecular flexibility index (Phi) is 4.36. The average molecular weight is 438 g/mol. The number of aromatic nitrogens is 4. The molecule has 1 N–H and O–H groups in total. The van der Waals surface area contributed by atoms with E-state index in [0.717, 1.165) is 29.4 Å². The summed E-state index contributed by atoms with van der Waals surface area (Å²) in [6, 6.07) is 22.5. The molecule has 0 amide bonds. The number of benzene rings is 3. The van der Waals surface area contributed by atoms with Crippen LogP contribution in [0, 0.1) is 4.64 Å². The van der Waals surface area contributed by atoms with Crippen molar-refractivity contribution in [3.8, 4) is 5.69 Å². The van der Waals surface area contributed by atoms with E-state index in [4.69, 9.17) is 12.2 Å². The summed E-state index contributed by atoms with van der Waals surface area (Å²) < 4.78 is 2.16. The van der Waals surface area contributed by atoms with Crippen molar-refractivity contribution in [3.63, 3.8) is 0 Å². The molecule has 3 heterocycles. The molecule has 2 aromatic heterocycles. The number of nitrogens with zero attached hydrogens (tertiary/aromatic N) is 4. The van der Waals surface area contributed by atoms with Crippen molar-refractivity contribution in [2.75, 3.05) is 11.4 Å². The highest BCUT2D eigenvalue weighted by atomic mass is 32.1. The Morgan fingerprint density at radius 1 is 0.938 bits per heavy atom. The van der Waals surface area contributed by atoms with E-state index in [1.165, 1.54) is 11.1 Å². The van der Waals surface area contributed by atoms with Crippen molar-refractivity contribution in [2.24, 2.45) is 0 Å². The molecule has 1 aliphatic rings. The maximum absolute atomic E-state index is 13.1. The smallest absolute Gasteiger partial charge is 0.264 e. The van der Waals surface area contributed by atoms with Gasteiger partial charge in [0.15, 0.2) is 5.65 Å². The zero-order valence-corrected chi connectivity index (χ0v) is 18.0. The highest BCUT2D eigenvalue weighted by Gasteiger charge is 2.19. The molecule has 6 rings (SSSR count). The lowest BCUT2D eigenvalue weighted by atomic mass is 10.0. The number of anilines is 1. The van der Waals surface area contributed by atoms with Gasteiger partial charge in [0, 0.05) is 18.8 Å². The van der Waals surface area contributed by atoms with Crippen molar-refractivity contribution in [1.29, 1.82) is 0 Å². The molecule has 5 aromatic rings. The van der Waals surface area contributed by atoms with Crippen molar-refractivity contribution < 1.29 is 0 Å². The second kappa shape index (κ2) is 7.39. The van der Waals surface area contributed by atoms with Crippen molar-refractivity contribution >= 4 is 40.0 Å². The molecule has 0 bridgehead atoms. The molecular weight excluding hydrogens is 418 g/mol. The van der Waals surface area contributed by atoms with E-state index < -0.39 is 0 Å². The standard InChI is InChI=1S/C25H19N5OS/c31-23-21-22(27-25(28-23)29-12-11-17-6-2-4-8-19(17)14-29)26-15-30(24(21)32)20-10-9-16-5-1-3-7-18(16)13-20/h1-10,13,15H,11-12,14H2,(H,27,28,31). The molecule has 0 aliphatic carbocycles. The zero-order chi connectivity index (χ0) is 21.7. The lowest BCUT2D eigenvalue weighted by Gasteiger charge is -2.29. The first-order valence-electron chi connectivity index (χ1n) is 10.5. The molecule has 0 saturated carbocycles. The summed E-state index contributed by atoms with van der Waals surface area (Å²) in [5.41, 5.74) is 3.55. The number of fused-ring (bicyclic) bond motifs is 3. The van der Waals surface area contributed by atoms with Crippen molar-refractivity contribution in [2.45, 2.75) is 13.0 Å². The molecule has 32 heavy (non-hydrogen) atoms. The fourth-order valence-electron chi connectivity index (χ4n) is 4.36. The molecule has 0 saturated heterocycles. The van der Waals surface area contributed by atoms with Crippen molar-refractivity contribution in [3.05, 3.63) is 99.2 Å². The predicted octanol–water partition coefficient (Wildman–Crippen LogP) is 4.55. The lowest BCUT2D eigenvalue weighted by Crippen LogP contribution is -2.33. The Labute approximate surface area is 188 Å². The molecule has 0 atom stereocenters. The molecule has 7 heteroatoms. The Morgan fingerprint density at radius 2 is 1.72 bits per heavy atom. The maximum Gasteiger partial charge on any atom is 0.264 e. The van der Waals surface area contributed by atoms with E-state index in [0.29, 0.717) is 28.2 Å². The number of rotatable bonds is 2. The second-order valence-electron chi connectivity index (χ2n) is 7.98. The van der Waals surface area contributed by atoms with E-state index in [1.54, 1.807) is 10.9 Å². The van der Waals surface area contributed by atoms with Gasteiger partial charge in [0.1, 0.15) is 16.4 Å². The van der Waals surface area contributed by atoms with Crippen LogP contribution in [0.3, 0.4) is 0 Å². The first-order valence-corrected chi connectivity index (χ1v) is 10.9. The zero-order valence-electron chi connectivity index (χ0n) is 17.2. The minimum atomic E-state index is -0.267. The van der Waals surface area contributed by atoms with E-state index in [9.17, 15) is 4.79 Å². The number of hydrogen-bond acceptors (Lipinski definition) is 5. The van der Waals surface area contributed by atoms with Gasteiger partial charge in [0.2, 0.25) is 5.95 Å². The van der Waals surface area contributed by atoms with E-state index >= 15 is 0 Å². The summed E-state index contributed by atoms with van der Waals surface area (Å²) in [4.78, 5) is 27.2. The summed E-state index contributed by atoms with van der Waals surface area (Å²) in [6.45, 7) is 1.49. The summed E-state index contributed by atoms with van der Waals surface area (Å²) in [7, 11) is 0. The third-order valence-electron chi connectivity index (χ3n) is 6.06. The largest absolute Gasteiger partial charge is 0.338 e. The third-order valence-corrected chi connectivity index (χ3v) is 6.46. The van der Waals surface area contributed by atoms with E-state index in [2.05, 4.69) is 44.1 Å². The van der Waals surface area contributed by atoms with Crippen LogP contribution in [-0.4, -0.2) is 26.1 Å². The Balaban J connectivity index is 1.43. The lowest BCUT2D eigenvalue weighted by molar-refractivity contribution is 0.707. The molecule has 156 valence electrons. The summed E-state index contributed by atoms with van der Waals surface area (Å²) in [5.74, 6) is 0.530. The van der Waals surface area contributed by atoms with E-state index in [1.807, 2.05) is 42.5 Å².